The first kappa shape index (κ1) is 14.6. The SMILES string of the molecule is O=C(c1c(Cl)cccc1Cl)N(CCCO)C1CCC1. The number of halogens is 2. The largest absolute Gasteiger partial charge is 0.396 e. The van der Waals surface area contributed by atoms with Crippen molar-refractivity contribution >= 4 is 29.1 Å². The molecule has 19 heavy (non-hydrogen) atoms. The molecule has 1 fully saturated rings. The fourth-order valence-corrected chi connectivity index (χ4v) is 2.79. The zero-order chi connectivity index (χ0) is 13.8. The molecule has 0 aromatic heterocycles. The minimum absolute atomic E-state index is 0.0761. The van der Waals surface area contributed by atoms with E-state index in [4.69, 9.17) is 28.3 Å². The zero-order valence-corrected chi connectivity index (χ0v) is 12.1. The summed E-state index contributed by atoms with van der Waals surface area (Å²) >= 11 is 12.2. The molecule has 2 rings (SSSR count). The third kappa shape index (κ3) is 3.22. The number of rotatable bonds is 5. The van der Waals surface area contributed by atoms with Gasteiger partial charge in [0.15, 0.2) is 0 Å². The summed E-state index contributed by atoms with van der Waals surface area (Å²) in [7, 11) is 0. The average molecular weight is 302 g/mol. The molecule has 0 atom stereocenters. The first-order chi connectivity index (χ1) is 9.15. The van der Waals surface area contributed by atoms with E-state index in [0.29, 0.717) is 28.6 Å². The molecular formula is C14H17Cl2NO2. The molecule has 0 spiro atoms. The van der Waals surface area contributed by atoms with Gasteiger partial charge in [0.2, 0.25) is 0 Å². The van der Waals surface area contributed by atoms with E-state index in [2.05, 4.69) is 0 Å². The van der Waals surface area contributed by atoms with Gasteiger partial charge in [0.05, 0.1) is 15.6 Å². The van der Waals surface area contributed by atoms with Crippen LogP contribution in [0.25, 0.3) is 0 Å². The first-order valence-electron chi connectivity index (χ1n) is 6.51. The maximum absolute atomic E-state index is 12.6. The maximum Gasteiger partial charge on any atom is 0.257 e. The van der Waals surface area contributed by atoms with Crippen molar-refractivity contribution in [3.63, 3.8) is 0 Å². The second kappa shape index (κ2) is 6.60. The highest BCUT2D eigenvalue weighted by Crippen LogP contribution is 2.30. The molecule has 1 aliphatic carbocycles. The van der Waals surface area contributed by atoms with Crippen LogP contribution in [0, 0.1) is 0 Å². The number of aliphatic hydroxyl groups excluding tert-OH is 1. The molecule has 0 aliphatic heterocycles. The average Bonchev–Trinajstić information content (AvgIpc) is 2.31. The lowest BCUT2D eigenvalue weighted by molar-refractivity contribution is 0.0563. The summed E-state index contributed by atoms with van der Waals surface area (Å²) in [6.45, 7) is 0.619. The van der Waals surface area contributed by atoms with Crippen LogP contribution in [-0.4, -0.2) is 35.1 Å². The second-order valence-corrected chi connectivity index (χ2v) is 5.57. The Morgan fingerprint density at radius 1 is 1.32 bits per heavy atom. The van der Waals surface area contributed by atoms with Gasteiger partial charge in [0, 0.05) is 19.2 Å². The van der Waals surface area contributed by atoms with E-state index >= 15 is 0 Å². The lowest BCUT2D eigenvalue weighted by atomic mass is 9.90. The number of aliphatic hydroxyl groups is 1. The highest BCUT2D eigenvalue weighted by Gasteiger charge is 2.30. The number of carbonyl (C=O) groups is 1. The Labute approximate surface area is 123 Å². The Bertz CT molecular complexity index is 441. The van der Waals surface area contributed by atoms with Crippen molar-refractivity contribution in [1.29, 1.82) is 0 Å². The van der Waals surface area contributed by atoms with Crippen LogP contribution in [-0.2, 0) is 0 Å². The molecule has 1 N–H and O–H groups in total. The quantitative estimate of drug-likeness (QED) is 0.906. The van der Waals surface area contributed by atoms with Crippen molar-refractivity contribution in [2.45, 2.75) is 31.7 Å². The van der Waals surface area contributed by atoms with E-state index < -0.39 is 0 Å². The van der Waals surface area contributed by atoms with Crippen LogP contribution < -0.4 is 0 Å². The molecule has 0 radical (unpaired) electrons. The molecule has 1 aliphatic rings. The summed E-state index contributed by atoms with van der Waals surface area (Å²) in [4.78, 5) is 14.4. The minimum atomic E-state index is -0.131. The molecule has 1 amide bonds. The molecular weight excluding hydrogens is 285 g/mol. The molecule has 0 saturated heterocycles. The van der Waals surface area contributed by atoms with Crippen molar-refractivity contribution in [3.05, 3.63) is 33.8 Å². The van der Waals surface area contributed by atoms with E-state index in [9.17, 15) is 4.79 Å². The summed E-state index contributed by atoms with van der Waals surface area (Å²) in [6.07, 6.45) is 3.74. The Balaban J connectivity index is 2.22. The predicted octanol–water partition coefficient (Wildman–Crippen LogP) is 3.37. The van der Waals surface area contributed by atoms with E-state index in [1.54, 1.807) is 23.1 Å². The summed E-state index contributed by atoms with van der Waals surface area (Å²) in [6, 6.07) is 5.33. The van der Waals surface area contributed by atoms with E-state index in [-0.39, 0.29) is 18.6 Å². The van der Waals surface area contributed by atoms with E-state index in [1.807, 2.05) is 0 Å². The number of hydrogen-bond acceptors (Lipinski definition) is 2. The molecule has 1 saturated carbocycles. The fourth-order valence-electron chi connectivity index (χ4n) is 2.24. The van der Waals surface area contributed by atoms with Gasteiger partial charge in [0.25, 0.3) is 5.91 Å². The van der Waals surface area contributed by atoms with Gasteiger partial charge in [-0.2, -0.15) is 0 Å². The van der Waals surface area contributed by atoms with Gasteiger partial charge in [-0.15, -0.1) is 0 Å². The molecule has 1 aromatic rings. The smallest absolute Gasteiger partial charge is 0.257 e. The third-order valence-electron chi connectivity index (χ3n) is 3.51. The van der Waals surface area contributed by atoms with Crippen LogP contribution in [0.5, 0.6) is 0 Å². The number of hydrogen-bond donors (Lipinski definition) is 1. The van der Waals surface area contributed by atoms with Gasteiger partial charge < -0.3 is 10.0 Å². The molecule has 1 aromatic carbocycles. The second-order valence-electron chi connectivity index (χ2n) is 4.76. The monoisotopic (exact) mass is 301 g/mol. The van der Waals surface area contributed by atoms with E-state index in [1.165, 1.54) is 0 Å². The Kier molecular flexibility index (Phi) is 5.08. The van der Waals surface area contributed by atoms with Crippen molar-refractivity contribution in [2.75, 3.05) is 13.2 Å². The summed E-state index contributed by atoms with van der Waals surface area (Å²) in [5, 5.41) is 9.72. The summed E-state index contributed by atoms with van der Waals surface area (Å²) in [5.74, 6) is -0.131. The van der Waals surface area contributed by atoms with Crippen LogP contribution >= 0.6 is 23.2 Å². The van der Waals surface area contributed by atoms with Crippen LogP contribution in [0.3, 0.4) is 0 Å². The number of benzene rings is 1. The highest BCUT2D eigenvalue weighted by molar-refractivity contribution is 6.39. The summed E-state index contributed by atoms with van der Waals surface area (Å²) in [5.41, 5.74) is 0.371. The van der Waals surface area contributed by atoms with Gasteiger partial charge >= 0.3 is 0 Å². The van der Waals surface area contributed by atoms with Crippen molar-refractivity contribution < 1.29 is 9.90 Å². The molecule has 0 heterocycles. The molecule has 0 bridgehead atoms. The lowest BCUT2D eigenvalue weighted by Crippen LogP contribution is -2.45. The van der Waals surface area contributed by atoms with Crippen LogP contribution in [0.2, 0.25) is 10.0 Å². The van der Waals surface area contributed by atoms with E-state index in [0.717, 1.165) is 19.3 Å². The van der Waals surface area contributed by atoms with Crippen molar-refractivity contribution in [3.8, 4) is 0 Å². The number of carbonyl (C=O) groups excluding carboxylic acids is 1. The zero-order valence-electron chi connectivity index (χ0n) is 10.6. The fraction of sp³-hybridized carbons (Fsp3) is 0.500. The predicted molar refractivity (Wildman–Crippen MR) is 76.8 cm³/mol. The van der Waals surface area contributed by atoms with Crippen LogP contribution in [0.15, 0.2) is 18.2 Å². The van der Waals surface area contributed by atoms with Crippen LogP contribution in [0.1, 0.15) is 36.0 Å². The topological polar surface area (TPSA) is 40.5 Å². The molecule has 5 heteroatoms. The van der Waals surface area contributed by atoms with Crippen molar-refractivity contribution in [1.82, 2.24) is 4.90 Å². The Morgan fingerprint density at radius 2 is 1.95 bits per heavy atom. The summed E-state index contributed by atoms with van der Waals surface area (Å²) < 4.78 is 0. The molecule has 104 valence electrons. The Hall–Kier alpha value is -0.770. The molecule has 3 nitrogen and oxygen atoms in total. The normalized spacial score (nSPS) is 15.1. The van der Waals surface area contributed by atoms with Gasteiger partial charge in [-0.3, -0.25) is 4.79 Å². The van der Waals surface area contributed by atoms with Crippen molar-refractivity contribution in [2.24, 2.45) is 0 Å². The maximum atomic E-state index is 12.6. The first-order valence-corrected chi connectivity index (χ1v) is 7.26. The highest BCUT2D eigenvalue weighted by atomic mass is 35.5. The molecule has 0 unspecified atom stereocenters. The third-order valence-corrected chi connectivity index (χ3v) is 4.14. The number of amides is 1. The Morgan fingerprint density at radius 3 is 2.42 bits per heavy atom. The van der Waals surface area contributed by atoms with Gasteiger partial charge in [-0.25, -0.2) is 0 Å². The standard InChI is InChI=1S/C14H17Cl2NO2/c15-11-6-2-7-12(16)13(11)14(19)17(8-3-9-18)10-4-1-5-10/h2,6-7,10,18H,1,3-5,8-9H2. The minimum Gasteiger partial charge on any atom is -0.396 e. The van der Waals surface area contributed by atoms with Crippen LogP contribution in [0.4, 0.5) is 0 Å². The van der Waals surface area contributed by atoms with Gasteiger partial charge in [-0.1, -0.05) is 29.3 Å². The number of nitrogens with zero attached hydrogens (tertiary/aromatic N) is 1. The van der Waals surface area contributed by atoms with Gasteiger partial charge in [-0.05, 0) is 37.8 Å². The van der Waals surface area contributed by atoms with Gasteiger partial charge in [0.1, 0.15) is 0 Å². The lowest BCUT2D eigenvalue weighted by Gasteiger charge is -2.38.